The highest BCUT2D eigenvalue weighted by Crippen LogP contribution is 2.30. The fourth-order valence-electron chi connectivity index (χ4n) is 2.11. The minimum absolute atomic E-state index is 0.0157. The Hall–Kier alpha value is -0.940. The van der Waals surface area contributed by atoms with Crippen LogP contribution in [0.5, 0.6) is 0 Å². The van der Waals surface area contributed by atoms with Gasteiger partial charge in [-0.1, -0.05) is 60.5 Å². The smallest absolute Gasteiger partial charge is 0.239 e. The lowest BCUT2D eigenvalue weighted by Crippen LogP contribution is -2.22. The average molecular weight is 369 g/mol. The first-order valence-corrected chi connectivity index (χ1v) is 9.13. The third-order valence-electron chi connectivity index (χ3n) is 3.65. The molecular weight excluding hydrogens is 348 g/mol. The van der Waals surface area contributed by atoms with Gasteiger partial charge >= 0.3 is 0 Å². The van der Waals surface area contributed by atoms with Crippen LogP contribution in [0.2, 0.25) is 0 Å². The molecule has 2 aromatic rings. The monoisotopic (exact) mass is 368 g/mol. The summed E-state index contributed by atoms with van der Waals surface area (Å²) in [5.41, 5.74) is 2.28. The molecular formula is C16H21BrN2OS. The summed E-state index contributed by atoms with van der Waals surface area (Å²) in [5.74, 6) is 0.532. The molecule has 3 nitrogen and oxygen atoms in total. The van der Waals surface area contributed by atoms with Crippen molar-refractivity contribution in [1.29, 1.82) is 0 Å². The number of hydrogen-bond acceptors (Lipinski definition) is 3. The van der Waals surface area contributed by atoms with Gasteiger partial charge in [0.25, 0.3) is 0 Å². The number of carbonyl (C=O) groups is 1. The number of amides is 1. The molecule has 1 amide bonds. The molecule has 1 heterocycles. The van der Waals surface area contributed by atoms with Crippen LogP contribution in [0.3, 0.4) is 0 Å². The van der Waals surface area contributed by atoms with Gasteiger partial charge in [-0.3, -0.25) is 4.79 Å². The zero-order valence-corrected chi connectivity index (χ0v) is 15.1. The third kappa shape index (κ3) is 4.04. The van der Waals surface area contributed by atoms with E-state index in [0.717, 1.165) is 29.5 Å². The van der Waals surface area contributed by atoms with E-state index in [1.807, 2.05) is 6.07 Å². The predicted octanol–water partition coefficient (Wildman–Crippen LogP) is 5.31. The van der Waals surface area contributed by atoms with Gasteiger partial charge in [-0.15, -0.1) is 0 Å². The maximum atomic E-state index is 12.0. The number of alkyl halides is 1. The zero-order valence-electron chi connectivity index (χ0n) is 12.6. The Morgan fingerprint density at radius 1 is 1.43 bits per heavy atom. The summed E-state index contributed by atoms with van der Waals surface area (Å²) in [4.78, 5) is 16.3. The van der Waals surface area contributed by atoms with Crippen molar-refractivity contribution in [3.63, 3.8) is 0 Å². The number of nitrogens with one attached hydrogen (secondary N) is 1. The van der Waals surface area contributed by atoms with Gasteiger partial charge in [-0.05, 0) is 36.5 Å². The van der Waals surface area contributed by atoms with Crippen LogP contribution in [-0.4, -0.2) is 15.7 Å². The first kappa shape index (κ1) is 16.4. The Morgan fingerprint density at radius 2 is 2.19 bits per heavy atom. The second-order valence-corrected chi connectivity index (χ2v) is 7.44. The maximum Gasteiger partial charge on any atom is 0.239 e. The van der Waals surface area contributed by atoms with E-state index in [-0.39, 0.29) is 10.7 Å². The van der Waals surface area contributed by atoms with E-state index in [1.165, 1.54) is 16.9 Å². The lowest BCUT2D eigenvalue weighted by molar-refractivity contribution is -0.115. The van der Waals surface area contributed by atoms with Gasteiger partial charge in [0.1, 0.15) is 0 Å². The Balaban J connectivity index is 2.17. The predicted molar refractivity (Wildman–Crippen MR) is 94.6 cm³/mol. The van der Waals surface area contributed by atoms with Gasteiger partial charge in [0, 0.05) is 0 Å². The van der Waals surface area contributed by atoms with Crippen molar-refractivity contribution in [2.75, 3.05) is 5.32 Å². The second-order valence-electron chi connectivity index (χ2n) is 5.30. The Bertz CT molecular complexity index is 626. The van der Waals surface area contributed by atoms with E-state index in [9.17, 15) is 4.79 Å². The normalized spacial score (nSPS) is 14.1. The van der Waals surface area contributed by atoms with Crippen molar-refractivity contribution in [1.82, 2.24) is 4.98 Å². The quantitative estimate of drug-likeness (QED) is 0.701. The number of anilines is 1. The number of carbonyl (C=O) groups excluding carboxylic acids is 1. The number of thiazole rings is 1. The average Bonchev–Trinajstić information content (AvgIpc) is 2.87. The van der Waals surface area contributed by atoms with E-state index >= 15 is 0 Å². The summed E-state index contributed by atoms with van der Waals surface area (Å²) in [6.07, 6.45) is 2.92. The standard InChI is InChI=1S/C16H21BrN2OS/c1-4-6-12(17)15(20)19-16-18-13-8-7-11(10(3)5-2)9-14(13)21-16/h7-10,12H,4-6H2,1-3H3,(H,18,19,20)/t10-,12+/m1/s1. The zero-order chi connectivity index (χ0) is 15.4. The van der Waals surface area contributed by atoms with Crippen LogP contribution in [-0.2, 0) is 4.79 Å². The number of halogens is 1. The molecule has 2 rings (SSSR count). The van der Waals surface area contributed by atoms with Gasteiger partial charge in [0.15, 0.2) is 5.13 Å². The van der Waals surface area contributed by atoms with Crippen molar-refractivity contribution < 1.29 is 4.79 Å². The summed E-state index contributed by atoms with van der Waals surface area (Å²) < 4.78 is 1.13. The molecule has 0 aliphatic rings. The summed E-state index contributed by atoms with van der Waals surface area (Å²) >= 11 is 4.95. The van der Waals surface area contributed by atoms with Crippen LogP contribution >= 0.6 is 27.3 Å². The molecule has 114 valence electrons. The summed E-state index contributed by atoms with van der Waals surface area (Å²) in [7, 11) is 0. The number of fused-ring (bicyclic) bond motifs is 1. The van der Waals surface area contributed by atoms with Gasteiger partial charge < -0.3 is 5.32 Å². The van der Waals surface area contributed by atoms with Crippen LogP contribution in [0, 0.1) is 0 Å². The third-order valence-corrected chi connectivity index (χ3v) is 5.46. The fraction of sp³-hybridized carbons (Fsp3) is 0.500. The molecule has 0 radical (unpaired) electrons. The first-order valence-electron chi connectivity index (χ1n) is 7.40. The molecule has 0 aliphatic heterocycles. The lowest BCUT2D eigenvalue weighted by atomic mass is 9.99. The Kier molecular flexibility index (Phi) is 5.76. The lowest BCUT2D eigenvalue weighted by Gasteiger charge is -2.07. The summed E-state index contributed by atoms with van der Waals surface area (Å²) in [6, 6.07) is 6.36. The molecule has 5 heteroatoms. The van der Waals surface area contributed by atoms with Crippen LogP contribution in [0.4, 0.5) is 5.13 Å². The molecule has 0 saturated heterocycles. The molecule has 2 atom stereocenters. The Labute approximate surface area is 138 Å². The number of hydrogen-bond donors (Lipinski definition) is 1. The topological polar surface area (TPSA) is 42.0 Å². The molecule has 0 fully saturated rings. The van der Waals surface area contributed by atoms with Crippen LogP contribution in [0.15, 0.2) is 18.2 Å². The Morgan fingerprint density at radius 3 is 2.86 bits per heavy atom. The van der Waals surface area contributed by atoms with E-state index in [0.29, 0.717) is 11.0 Å². The number of nitrogens with zero attached hydrogens (tertiary/aromatic N) is 1. The summed E-state index contributed by atoms with van der Waals surface area (Å²) in [6.45, 7) is 6.48. The van der Waals surface area contributed by atoms with Gasteiger partial charge in [-0.25, -0.2) is 4.98 Å². The fourth-order valence-corrected chi connectivity index (χ4v) is 3.59. The van der Waals surface area contributed by atoms with Crippen molar-refractivity contribution in [3.8, 4) is 0 Å². The molecule has 1 N–H and O–H groups in total. The molecule has 0 saturated carbocycles. The van der Waals surface area contributed by atoms with Crippen molar-refractivity contribution in [3.05, 3.63) is 23.8 Å². The molecule has 1 aromatic heterocycles. The minimum Gasteiger partial charge on any atom is -0.301 e. The maximum absolute atomic E-state index is 12.0. The molecule has 0 aliphatic carbocycles. The molecule has 0 bridgehead atoms. The number of benzene rings is 1. The molecule has 0 spiro atoms. The van der Waals surface area contributed by atoms with Crippen molar-refractivity contribution in [2.45, 2.75) is 50.8 Å². The van der Waals surface area contributed by atoms with Gasteiger partial charge in [0.05, 0.1) is 15.0 Å². The summed E-state index contributed by atoms with van der Waals surface area (Å²) in [5, 5.41) is 3.58. The van der Waals surface area contributed by atoms with Crippen LogP contribution < -0.4 is 5.32 Å². The van der Waals surface area contributed by atoms with E-state index in [4.69, 9.17) is 0 Å². The molecule has 21 heavy (non-hydrogen) atoms. The van der Waals surface area contributed by atoms with Gasteiger partial charge in [-0.2, -0.15) is 0 Å². The van der Waals surface area contributed by atoms with Crippen LogP contribution in [0.1, 0.15) is 51.5 Å². The van der Waals surface area contributed by atoms with Crippen LogP contribution in [0.25, 0.3) is 10.2 Å². The number of rotatable bonds is 6. The highest BCUT2D eigenvalue weighted by molar-refractivity contribution is 9.10. The van der Waals surface area contributed by atoms with Gasteiger partial charge in [0.2, 0.25) is 5.91 Å². The van der Waals surface area contributed by atoms with E-state index in [1.54, 1.807) is 0 Å². The van der Waals surface area contributed by atoms with Crippen molar-refractivity contribution in [2.24, 2.45) is 0 Å². The SMILES string of the molecule is CCC[C@H](Br)C(=O)Nc1nc2ccc([C@H](C)CC)cc2s1. The minimum atomic E-state index is -0.148. The van der Waals surface area contributed by atoms with E-state index in [2.05, 4.69) is 59.1 Å². The second kappa shape index (κ2) is 7.36. The number of aromatic nitrogens is 1. The largest absolute Gasteiger partial charge is 0.301 e. The molecule has 0 unspecified atom stereocenters. The molecule has 1 aromatic carbocycles. The highest BCUT2D eigenvalue weighted by Gasteiger charge is 2.16. The first-order chi connectivity index (χ1) is 10.0. The van der Waals surface area contributed by atoms with E-state index < -0.39 is 0 Å². The highest BCUT2D eigenvalue weighted by atomic mass is 79.9. The van der Waals surface area contributed by atoms with Crippen molar-refractivity contribution >= 4 is 48.5 Å².